The fourth-order valence-electron chi connectivity index (χ4n) is 2.79. The second-order valence-electron chi connectivity index (χ2n) is 5.13. The van der Waals surface area contributed by atoms with E-state index in [4.69, 9.17) is 11.6 Å². The van der Waals surface area contributed by atoms with Crippen LogP contribution < -0.4 is 5.32 Å². The van der Waals surface area contributed by atoms with Crippen molar-refractivity contribution in [3.63, 3.8) is 0 Å². The van der Waals surface area contributed by atoms with Gasteiger partial charge in [0.05, 0.1) is 5.02 Å². The van der Waals surface area contributed by atoms with Crippen molar-refractivity contribution in [1.82, 2.24) is 10.3 Å². The lowest BCUT2D eigenvalue weighted by atomic mass is 9.83. The molecule has 0 amide bonds. The number of hydrogen-bond acceptors (Lipinski definition) is 2. The van der Waals surface area contributed by atoms with Gasteiger partial charge in [-0.1, -0.05) is 31.4 Å². The number of halogens is 1. The van der Waals surface area contributed by atoms with Crippen LogP contribution in [0.2, 0.25) is 5.02 Å². The molecular formula is C14H21ClN2. The smallest absolute Gasteiger partial charge is 0.0634 e. The summed E-state index contributed by atoms with van der Waals surface area (Å²) in [5, 5.41) is 4.33. The van der Waals surface area contributed by atoms with Gasteiger partial charge in [-0.05, 0) is 36.3 Å². The van der Waals surface area contributed by atoms with E-state index in [9.17, 15) is 0 Å². The summed E-state index contributed by atoms with van der Waals surface area (Å²) in [4.78, 5) is 4.00. The molecule has 1 heterocycles. The van der Waals surface area contributed by atoms with Gasteiger partial charge in [-0.25, -0.2) is 0 Å². The van der Waals surface area contributed by atoms with Crippen molar-refractivity contribution in [2.24, 2.45) is 5.41 Å². The first-order chi connectivity index (χ1) is 8.26. The number of hydrogen-bond donors (Lipinski definition) is 1. The third kappa shape index (κ3) is 3.20. The molecule has 0 unspecified atom stereocenters. The van der Waals surface area contributed by atoms with E-state index in [1.54, 1.807) is 12.4 Å². The van der Waals surface area contributed by atoms with E-state index in [1.165, 1.54) is 32.1 Å². The average Bonchev–Trinajstić information content (AvgIpc) is 2.81. The van der Waals surface area contributed by atoms with Crippen LogP contribution in [0.15, 0.2) is 18.5 Å². The number of aromatic nitrogens is 1. The van der Waals surface area contributed by atoms with Crippen LogP contribution >= 0.6 is 11.6 Å². The average molecular weight is 253 g/mol. The number of pyridine rings is 1. The van der Waals surface area contributed by atoms with Gasteiger partial charge in [0.1, 0.15) is 0 Å². The van der Waals surface area contributed by atoms with E-state index in [1.807, 2.05) is 6.07 Å². The van der Waals surface area contributed by atoms with Crippen molar-refractivity contribution in [2.45, 2.75) is 45.6 Å². The maximum Gasteiger partial charge on any atom is 0.0634 e. The zero-order valence-corrected chi connectivity index (χ0v) is 11.3. The molecule has 0 radical (unpaired) electrons. The van der Waals surface area contributed by atoms with E-state index in [0.29, 0.717) is 5.41 Å². The molecule has 1 aliphatic rings. The van der Waals surface area contributed by atoms with Gasteiger partial charge in [0.15, 0.2) is 0 Å². The Kier molecular flexibility index (Phi) is 4.41. The Bertz CT molecular complexity index is 359. The van der Waals surface area contributed by atoms with Crippen LogP contribution in [0.1, 0.15) is 44.6 Å². The predicted octanol–water partition coefficient (Wildman–Crippen LogP) is 3.80. The fourth-order valence-corrected chi connectivity index (χ4v) is 2.98. The second-order valence-corrected chi connectivity index (χ2v) is 5.54. The maximum absolute atomic E-state index is 6.09. The summed E-state index contributed by atoms with van der Waals surface area (Å²) >= 11 is 6.09. The molecule has 0 saturated heterocycles. The monoisotopic (exact) mass is 252 g/mol. The quantitative estimate of drug-likeness (QED) is 0.862. The van der Waals surface area contributed by atoms with Crippen LogP contribution in [0.3, 0.4) is 0 Å². The fraction of sp³-hybridized carbons (Fsp3) is 0.643. The van der Waals surface area contributed by atoms with Gasteiger partial charge < -0.3 is 5.32 Å². The molecule has 0 atom stereocenters. The lowest BCUT2D eigenvalue weighted by Gasteiger charge is -2.27. The SMILES string of the molecule is CCC1(CNCc2ccncc2Cl)CCCC1. The maximum atomic E-state index is 6.09. The van der Waals surface area contributed by atoms with Crippen molar-refractivity contribution in [3.8, 4) is 0 Å². The molecule has 94 valence electrons. The summed E-state index contributed by atoms with van der Waals surface area (Å²) < 4.78 is 0. The highest BCUT2D eigenvalue weighted by atomic mass is 35.5. The van der Waals surface area contributed by atoms with Gasteiger partial charge in [0, 0.05) is 25.5 Å². The predicted molar refractivity (Wildman–Crippen MR) is 72.1 cm³/mol. The first-order valence-electron chi connectivity index (χ1n) is 6.55. The largest absolute Gasteiger partial charge is 0.312 e. The highest BCUT2D eigenvalue weighted by Gasteiger charge is 2.31. The van der Waals surface area contributed by atoms with E-state index in [2.05, 4.69) is 17.2 Å². The molecule has 1 N–H and O–H groups in total. The Balaban J connectivity index is 1.85. The van der Waals surface area contributed by atoms with Crippen LogP contribution in [0.5, 0.6) is 0 Å². The molecule has 1 aromatic rings. The molecule has 0 aliphatic heterocycles. The minimum atomic E-state index is 0.541. The Labute approximate surface area is 109 Å². The minimum Gasteiger partial charge on any atom is -0.312 e. The lowest BCUT2D eigenvalue weighted by molar-refractivity contribution is 0.268. The summed E-state index contributed by atoms with van der Waals surface area (Å²) in [5.41, 5.74) is 1.69. The summed E-state index contributed by atoms with van der Waals surface area (Å²) in [6.07, 6.45) is 10.3. The number of nitrogens with zero attached hydrogens (tertiary/aromatic N) is 1. The molecule has 1 aromatic heterocycles. The summed E-state index contributed by atoms with van der Waals surface area (Å²) in [7, 11) is 0. The van der Waals surface area contributed by atoms with Gasteiger partial charge in [-0.2, -0.15) is 0 Å². The Morgan fingerprint density at radius 2 is 2.18 bits per heavy atom. The number of rotatable bonds is 5. The van der Waals surface area contributed by atoms with Gasteiger partial charge in [-0.3, -0.25) is 4.98 Å². The van der Waals surface area contributed by atoms with Crippen LogP contribution in [-0.4, -0.2) is 11.5 Å². The van der Waals surface area contributed by atoms with Gasteiger partial charge in [0.25, 0.3) is 0 Å². The van der Waals surface area contributed by atoms with Crippen molar-refractivity contribution in [1.29, 1.82) is 0 Å². The van der Waals surface area contributed by atoms with Crippen molar-refractivity contribution in [3.05, 3.63) is 29.0 Å². The third-order valence-corrected chi connectivity index (χ3v) is 4.43. The molecule has 2 rings (SSSR count). The Morgan fingerprint density at radius 1 is 1.41 bits per heavy atom. The molecule has 1 fully saturated rings. The molecule has 0 spiro atoms. The highest BCUT2D eigenvalue weighted by Crippen LogP contribution is 2.40. The first-order valence-corrected chi connectivity index (χ1v) is 6.93. The van der Waals surface area contributed by atoms with Crippen LogP contribution in [0.25, 0.3) is 0 Å². The highest BCUT2D eigenvalue weighted by molar-refractivity contribution is 6.31. The minimum absolute atomic E-state index is 0.541. The Morgan fingerprint density at radius 3 is 2.82 bits per heavy atom. The molecule has 0 bridgehead atoms. The van der Waals surface area contributed by atoms with Crippen molar-refractivity contribution >= 4 is 11.6 Å². The molecular weight excluding hydrogens is 232 g/mol. The van der Waals surface area contributed by atoms with E-state index < -0.39 is 0 Å². The molecule has 1 aliphatic carbocycles. The normalized spacial score (nSPS) is 18.5. The van der Waals surface area contributed by atoms with E-state index >= 15 is 0 Å². The zero-order chi connectivity index (χ0) is 12.1. The zero-order valence-electron chi connectivity index (χ0n) is 10.5. The standard InChI is InChI=1S/C14H21ClN2/c1-2-14(6-3-4-7-14)11-17-9-12-5-8-16-10-13(12)15/h5,8,10,17H,2-4,6-7,9,11H2,1H3. The van der Waals surface area contributed by atoms with Crippen molar-refractivity contribution < 1.29 is 0 Å². The molecule has 0 aromatic carbocycles. The number of nitrogens with one attached hydrogen (secondary N) is 1. The summed E-state index contributed by atoms with van der Waals surface area (Å²) in [6, 6.07) is 1.99. The molecule has 1 saturated carbocycles. The van der Waals surface area contributed by atoms with Crippen LogP contribution in [0.4, 0.5) is 0 Å². The van der Waals surface area contributed by atoms with Gasteiger partial charge in [-0.15, -0.1) is 0 Å². The summed E-state index contributed by atoms with van der Waals surface area (Å²) in [5.74, 6) is 0. The van der Waals surface area contributed by atoms with Crippen LogP contribution in [0, 0.1) is 5.41 Å². The topological polar surface area (TPSA) is 24.9 Å². The molecule has 17 heavy (non-hydrogen) atoms. The van der Waals surface area contributed by atoms with Gasteiger partial charge in [0.2, 0.25) is 0 Å². The van der Waals surface area contributed by atoms with Gasteiger partial charge >= 0.3 is 0 Å². The second kappa shape index (κ2) is 5.83. The third-order valence-electron chi connectivity index (χ3n) is 4.09. The first kappa shape index (κ1) is 12.8. The molecule has 3 heteroatoms. The van der Waals surface area contributed by atoms with E-state index in [0.717, 1.165) is 23.7 Å². The van der Waals surface area contributed by atoms with Crippen molar-refractivity contribution in [2.75, 3.05) is 6.54 Å². The Hall–Kier alpha value is -0.600. The van der Waals surface area contributed by atoms with Crippen LogP contribution in [-0.2, 0) is 6.54 Å². The summed E-state index contributed by atoms with van der Waals surface area (Å²) in [6.45, 7) is 4.28. The molecule has 2 nitrogen and oxygen atoms in total. The van der Waals surface area contributed by atoms with E-state index in [-0.39, 0.29) is 0 Å². The lowest BCUT2D eigenvalue weighted by Crippen LogP contribution is -2.31.